The number of benzene rings is 4. The number of Topliss-reactive ketones (excluding diaryl/α,β-unsaturated/α-hetero) is 2. The summed E-state index contributed by atoms with van der Waals surface area (Å²) in [5.41, 5.74) is 6.93. The van der Waals surface area contributed by atoms with E-state index in [-0.39, 0.29) is 35.2 Å². The Balaban J connectivity index is 0.000000138. The van der Waals surface area contributed by atoms with E-state index in [1.54, 1.807) is 46.1 Å². The van der Waals surface area contributed by atoms with Crippen LogP contribution in [0, 0.1) is 41.5 Å². The fourth-order valence-corrected chi connectivity index (χ4v) is 33.7. The van der Waals surface area contributed by atoms with E-state index in [4.69, 9.17) is 0 Å². The van der Waals surface area contributed by atoms with Crippen molar-refractivity contribution in [2.24, 2.45) is 0 Å². The Morgan fingerprint density at radius 2 is 0.694 bits per heavy atom. The van der Waals surface area contributed by atoms with E-state index in [9.17, 15) is 28.8 Å². The molecule has 12 aromatic rings. The Labute approximate surface area is 626 Å². The van der Waals surface area contributed by atoms with Gasteiger partial charge in [0.2, 0.25) is 0 Å². The van der Waals surface area contributed by atoms with Gasteiger partial charge in [-0.25, -0.2) is 0 Å². The second-order valence-corrected chi connectivity index (χ2v) is 69.8. The first kappa shape index (κ1) is 70.2. The number of nitrogens with zero attached hydrogens (tertiary/aromatic N) is 2. The first-order valence-electron chi connectivity index (χ1n) is 32.8. The molecule has 0 saturated carbocycles. The van der Waals surface area contributed by atoms with Gasteiger partial charge in [-0.2, -0.15) is 0 Å². The Kier molecular flexibility index (Phi) is 19.2. The third-order valence-corrected chi connectivity index (χ3v) is 47.4. The second kappa shape index (κ2) is 26.8. The molecule has 2 aliphatic carbocycles. The van der Waals surface area contributed by atoms with E-state index in [0.717, 1.165) is 98.6 Å². The molecule has 4 aliphatic rings. The number of unbranched alkanes of at least 4 members (excludes halogenated alkanes) is 2. The third-order valence-electron chi connectivity index (χ3n) is 18.4. The molecule has 8 aromatic heterocycles. The first-order chi connectivity index (χ1) is 46.6. The molecule has 4 aromatic carbocycles. The van der Waals surface area contributed by atoms with Crippen LogP contribution in [0.15, 0.2) is 106 Å². The van der Waals surface area contributed by atoms with Crippen molar-refractivity contribution in [3.8, 4) is 10.4 Å². The van der Waals surface area contributed by atoms with Crippen molar-refractivity contribution in [2.45, 2.75) is 111 Å². The number of amides is 4. The van der Waals surface area contributed by atoms with Crippen molar-refractivity contribution in [3.63, 3.8) is 0 Å². The number of imide groups is 2. The average molecular weight is 1790 g/mol. The van der Waals surface area contributed by atoms with E-state index in [0.29, 0.717) is 44.3 Å². The van der Waals surface area contributed by atoms with Crippen LogP contribution < -0.4 is 26.7 Å². The monoisotopic (exact) mass is 1780 g/mol. The Morgan fingerprint density at radius 1 is 0.357 bits per heavy atom. The summed E-state index contributed by atoms with van der Waals surface area (Å²) in [5.74, 6) is -0.548. The van der Waals surface area contributed by atoms with Gasteiger partial charge in [-0.3, -0.25) is 33.8 Å². The zero-order chi connectivity index (χ0) is 69.6. The number of carbonyl (C=O) groups is 6. The van der Waals surface area contributed by atoms with Crippen molar-refractivity contribution in [1.29, 1.82) is 0 Å². The number of hydrogen-bond donors (Lipinski definition) is 0. The summed E-state index contributed by atoms with van der Waals surface area (Å²) in [6.07, 6.45) is 3.47. The van der Waals surface area contributed by atoms with Crippen LogP contribution in [0.1, 0.15) is 130 Å². The van der Waals surface area contributed by atoms with Crippen LogP contribution in [0.3, 0.4) is 0 Å². The summed E-state index contributed by atoms with van der Waals surface area (Å²) in [7, 11) is 0. The SMILES string of the molecule is CCCCN1C(=O)c2c(Br)ccc(Br)c2C1=O.CCCCN1C(=O)c2c(C)ccc(-c3ccc(C4=c5c(c6sc(C)cc6c6cc(C)sc56)=C(c5ccc(C)s5)C4=O)s3)c2C1=O.Cc1cc2c(s1)c1c(c3sc(C)cc32)=C(c2cc[c]([Sn]([CH3])([CH3])[CH3])s2)C(=O)C=1c1cc[c]([Sn]([CH3])([CH3])[CH3])s1. The van der Waals surface area contributed by atoms with E-state index in [2.05, 4.69) is 164 Å². The summed E-state index contributed by atoms with van der Waals surface area (Å²) >= 11 is 16.3. The van der Waals surface area contributed by atoms with Crippen LogP contribution in [0.25, 0.3) is 73.1 Å². The van der Waals surface area contributed by atoms with Crippen LogP contribution in [-0.2, 0) is 9.59 Å². The topological polar surface area (TPSA) is 109 Å². The van der Waals surface area contributed by atoms with E-state index in [1.807, 2.05) is 83.5 Å². The second-order valence-electron chi connectivity index (χ2n) is 27.6. The van der Waals surface area contributed by atoms with Gasteiger partial charge >= 0.3 is 240 Å². The summed E-state index contributed by atoms with van der Waals surface area (Å²) in [4.78, 5) is 109. The molecule has 498 valence electrons. The fourth-order valence-electron chi connectivity index (χ4n) is 13.7. The van der Waals surface area contributed by atoms with E-state index in [1.165, 1.54) is 97.4 Å². The molecule has 0 saturated heterocycles. The van der Waals surface area contributed by atoms with Gasteiger partial charge in [-0.15, -0.1) is 45.3 Å². The van der Waals surface area contributed by atoms with Crippen molar-refractivity contribution in [1.82, 2.24) is 9.80 Å². The molecule has 10 heterocycles. The molecular formula is C78H70Br2N2O6S8Sn2. The van der Waals surface area contributed by atoms with Gasteiger partial charge in [0.25, 0.3) is 23.6 Å². The molecule has 8 nitrogen and oxygen atoms in total. The zero-order valence-electron chi connectivity index (χ0n) is 56.8. The number of fused-ring (bicyclic) bond motifs is 14. The molecule has 0 bridgehead atoms. The van der Waals surface area contributed by atoms with Gasteiger partial charge in [0.05, 0.1) is 22.3 Å². The number of thiophene rings is 8. The summed E-state index contributed by atoms with van der Waals surface area (Å²) in [6, 6.07) is 33.9. The zero-order valence-corrected chi connectivity index (χ0v) is 72.3. The van der Waals surface area contributed by atoms with Gasteiger partial charge in [-0.1, -0.05) is 38.8 Å². The van der Waals surface area contributed by atoms with Crippen LogP contribution in [0.4, 0.5) is 0 Å². The molecule has 0 N–H and O–H groups in total. The number of aryl methyl sites for hydroxylation is 6. The third kappa shape index (κ3) is 11.9. The van der Waals surface area contributed by atoms with Crippen LogP contribution in [-0.4, -0.2) is 94.8 Å². The Hall–Kier alpha value is -4.82. The molecule has 0 unspecified atom stereocenters. The van der Waals surface area contributed by atoms with E-state index >= 15 is 0 Å². The quantitative estimate of drug-likeness (QED) is 0.0840. The van der Waals surface area contributed by atoms with Gasteiger partial charge in [0.15, 0.2) is 5.78 Å². The average Bonchev–Trinajstić information content (AvgIpc) is 1.56. The standard InChI is InChI=1S/C37H29NO3S4.C23H12OS4.C12H11Br2NO2.6CH3.2Sn/c1-6-7-14-38-36(40)27-17(2)8-10-21(28(27)37(38)41)24-12-13-26(45-24)30-32-31(29(33(30)39)25-11-9-18(3)42-25)34-22(15-19(4)43-34)23-16-20(5)44-35(23)32;1-11-9-13-14-10-12(2)28-23(14)20-18(16-6-4-8-26-16)21(24)17(15-5-3-7-25-15)19(20)22(13)27-11;1-2-3-6-15-11(16)9-7(13)4-5-8(14)10(9)12(15)17;;;;;;;;/h8-13,15-16H,6-7,14H2,1-5H3;3-6,9-10H,1-2H3;4-5H,2-3,6H2,1H3;6*1H3;;. The number of carbonyl (C=O) groups excluding carboxylic acids is 6. The minimum atomic E-state index is -2.25. The molecule has 2 aliphatic heterocycles. The molecule has 4 amide bonds. The van der Waals surface area contributed by atoms with Gasteiger partial charge < -0.3 is 0 Å². The fraction of sp³-hybridized carbons (Fsp3) is 0.256. The van der Waals surface area contributed by atoms with Gasteiger partial charge in [0, 0.05) is 98.6 Å². The van der Waals surface area contributed by atoms with Crippen LogP contribution in [0.2, 0.25) is 29.6 Å². The number of halogens is 2. The summed E-state index contributed by atoms with van der Waals surface area (Å²) < 4.78 is 9.29. The molecular weight excluding hydrogens is 1710 g/mol. The van der Waals surface area contributed by atoms with E-state index < -0.39 is 36.8 Å². The normalized spacial score (nSPS) is 14.6. The van der Waals surface area contributed by atoms with Crippen molar-refractivity contribution in [2.75, 3.05) is 13.1 Å². The predicted octanol–water partition coefficient (Wildman–Crippen LogP) is 19.1. The maximum atomic E-state index is 14.7. The molecule has 0 fully saturated rings. The Morgan fingerprint density at radius 3 is 1.05 bits per heavy atom. The molecule has 0 atom stereocenters. The maximum absolute atomic E-state index is 14.7. The molecule has 0 spiro atoms. The molecule has 98 heavy (non-hydrogen) atoms. The van der Waals surface area contributed by atoms with Gasteiger partial charge in [-0.05, 0) is 126 Å². The van der Waals surface area contributed by atoms with Crippen molar-refractivity contribution >= 4 is 263 Å². The molecule has 0 radical (unpaired) electrons. The number of ketones is 2. The van der Waals surface area contributed by atoms with Crippen molar-refractivity contribution < 1.29 is 28.8 Å². The Bertz CT molecular complexity index is 5610. The van der Waals surface area contributed by atoms with Crippen molar-refractivity contribution in [3.05, 3.63) is 199 Å². The minimum absolute atomic E-state index is 0.0530. The number of hydrogen-bond acceptors (Lipinski definition) is 14. The van der Waals surface area contributed by atoms with Crippen LogP contribution >= 0.6 is 123 Å². The predicted molar refractivity (Wildman–Crippen MR) is 432 cm³/mol. The first-order valence-corrected chi connectivity index (χ1v) is 60.9. The molecule has 20 heteroatoms. The van der Waals surface area contributed by atoms with Gasteiger partial charge in [0.1, 0.15) is 0 Å². The summed E-state index contributed by atoms with van der Waals surface area (Å²) in [6.45, 7) is 17.6. The molecule has 16 rings (SSSR count). The number of rotatable bonds is 13. The van der Waals surface area contributed by atoms with Crippen LogP contribution in [0.5, 0.6) is 0 Å². The summed E-state index contributed by atoms with van der Waals surface area (Å²) in [5, 5.41) is 9.52.